The summed E-state index contributed by atoms with van der Waals surface area (Å²) in [5, 5.41) is 0.409. The summed E-state index contributed by atoms with van der Waals surface area (Å²) in [6, 6.07) is 0. The molecule has 0 saturated carbocycles. The first kappa shape index (κ1) is 9.29. The fourth-order valence-electron chi connectivity index (χ4n) is 0.326. The molecule has 0 radical (unpaired) electrons. The van der Waals surface area contributed by atoms with E-state index in [1.165, 1.54) is 0 Å². The molecule has 0 spiro atoms. The van der Waals surface area contributed by atoms with Gasteiger partial charge >= 0.3 is 0 Å². The van der Waals surface area contributed by atoms with Crippen molar-refractivity contribution in [1.29, 1.82) is 0 Å². The predicted molar refractivity (Wildman–Crippen MR) is 40.5 cm³/mol. The molecule has 0 unspecified atom stereocenters. The van der Waals surface area contributed by atoms with E-state index in [0.717, 1.165) is 5.41 Å². The minimum Gasteiger partial charge on any atom is -0.385 e. The molecule has 0 aromatic carbocycles. The zero-order chi connectivity index (χ0) is 8.36. The van der Waals surface area contributed by atoms with E-state index in [2.05, 4.69) is 0 Å². The Balaban J connectivity index is 4.63. The topological polar surface area (TPSA) is 86.2 Å². The second-order valence-electron chi connectivity index (χ2n) is 2.26. The highest BCUT2D eigenvalue weighted by atomic mass is 32.2. The van der Waals surface area contributed by atoms with Crippen LogP contribution in [-0.2, 0) is 9.84 Å². The van der Waals surface area contributed by atoms with Crippen LogP contribution in [0.3, 0.4) is 0 Å². The Hall–Kier alpha value is -0.710. The van der Waals surface area contributed by atoms with Crippen LogP contribution in [0.25, 0.3) is 0 Å². The van der Waals surface area contributed by atoms with Crippen LogP contribution in [0.4, 0.5) is 0 Å². The standard InChI is InChI=1S/C5H12N2O2S/c1-4(2)10(8,9)3-5(6)7/h3-4H,6-7H2,1-2H3. The maximum Gasteiger partial charge on any atom is 0.177 e. The van der Waals surface area contributed by atoms with E-state index in [9.17, 15) is 8.42 Å². The molecule has 5 heteroatoms. The Bertz CT molecular complexity index is 224. The Kier molecular flexibility index (Phi) is 2.71. The maximum absolute atomic E-state index is 10.9. The molecule has 4 nitrogen and oxygen atoms in total. The number of hydrogen-bond acceptors (Lipinski definition) is 4. The van der Waals surface area contributed by atoms with Gasteiger partial charge in [-0.2, -0.15) is 0 Å². The minimum atomic E-state index is -3.21. The minimum absolute atomic E-state index is 0.172. The van der Waals surface area contributed by atoms with Crippen molar-refractivity contribution in [2.75, 3.05) is 0 Å². The van der Waals surface area contributed by atoms with Crippen LogP contribution in [0, 0.1) is 0 Å². The summed E-state index contributed by atoms with van der Waals surface area (Å²) < 4.78 is 21.8. The van der Waals surface area contributed by atoms with Gasteiger partial charge in [0, 0.05) is 0 Å². The number of hydrogen-bond donors (Lipinski definition) is 2. The van der Waals surface area contributed by atoms with Crippen LogP contribution < -0.4 is 11.5 Å². The Morgan fingerprint density at radius 2 is 1.80 bits per heavy atom. The zero-order valence-electron chi connectivity index (χ0n) is 6.03. The molecule has 0 bridgehead atoms. The molecule has 0 amide bonds. The molecule has 0 aliphatic rings. The van der Waals surface area contributed by atoms with Crippen LogP contribution >= 0.6 is 0 Å². The number of nitrogens with two attached hydrogens (primary N) is 2. The molecule has 4 N–H and O–H groups in total. The van der Waals surface area contributed by atoms with Crippen molar-refractivity contribution >= 4 is 9.84 Å². The smallest absolute Gasteiger partial charge is 0.177 e. The zero-order valence-corrected chi connectivity index (χ0v) is 6.85. The third-order valence-corrected chi connectivity index (χ3v) is 2.87. The average Bonchev–Trinajstić information content (AvgIpc) is 1.60. The van der Waals surface area contributed by atoms with Crippen molar-refractivity contribution in [2.45, 2.75) is 19.1 Å². The van der Waals surface area contributed by atoms with Gasteiger partial charge in [0.1, 0.15) is 5.82 Å². The van der Waals surface area contributed by atoms with Crippen molar-refractivity contribution in [3.63, 3.8) is 0 Å². The van der Waals surface area contributed by atoms with E-state index in [1.807, 2.05) is 0 Å². The Labute approximate surface area is 60.8 Å². The normalized spacial score (nSPS) is 11.5. The van der Waals surface area contributed by atoms with Gasteiger partial charge in [0.25, 0.3) is 0 Å². The lowest BCUT2D eigenvalue weighted by Gasteiger charge is -2.00. The number of sulfone groups is 1. The third kappa shape index (κ3) is 2.72. The highest BCUT2D eigenvalue weighted by Crippen LogP contribution is 2.01. The fraction of sp³-hybridized carbons (Fsp3) is 0.600. The van der Waals surface area contributed by atoms with Gasteiger partial charge in [-0.05, 0) is 13.8 Å². The summed E-state index contributed by atoms with van der Waals surface area (Å²) in [6.45, 7) is 3.13. The fourth-order valence-corrected chi connectivity index (χ4v) is 0.977. The van der Waals surface area contributed by atoms with Gasteiger partial charge in [-0.1, -0.05) is 0 Å². The predicted octanol–water partition coefficient (Wildman–Crippen LogP) is -0.474. The van der Waals surface area contributed by atoms with Crippen molar-refractivity contribution in [2.24, 2.45) is 11.5 Å². The van der Waals surface area contributed by atoms with Crippen molar-refractivity contribution in [3.05, 3.63) is 11.2 Å². The van der Waals surface area contributed by atoms with Crippen LogP contribution in [0.1, 0.15) is 13.8 Å². The first-order chi connectivity index (χ1) is 4.36. The second-order valence-corrected chi connectivity index (χ2v) is 4.61. The second kappa shape index (κ2) is 2.92. The first-order valence-electron chi connectivity index (χ1n) is 2.83. The molecule has 0 saturated heterocycles. The summed E-state index contributed by atoms with van der Waals surface area (Å²) in [5.41, 5.74) is 9.95. The molecular formula is C5H12N2O2S. The van der Waals surface area contributed by atoms with Gasteiger partial charge in [-0.25, -0.2) is 8.42 Å². The lowest BCUT2D eigenvalue weighted by atomic mass is 10.6. The average molecular weight is 164 g/mol. The highest BCUT2D eigenvalue weighted by Gasteiger charge is 2.11. The van der Waals surface area contributed by atoms with E-state index in [1.54, 1.807) is 13.8 Å². The lowest BCUT2D eigenvalue weighted by Crippen LogP contribution is -2.16. The van der Waals surface area contributed by atoms with Crippen molar-refractivity contribution < 1.29 is 8.42 Å². The van der Waals surface area contributed by atoms with E-state index >= 15 is 0 Å². The Morgan fingerprint density at radius 3 is 1.90 bits per heavy atom. The monoisotopic (exact) mass is 164 g/mol. The molecular weight excluding hydrogens is 152 g/mol. The molecule has 60 valence electrons. The van der Waals surface area contributed by atoms with Gasteiger partial charge in [0.05, 0.1) is 10.7 Å². The molecule has 0 heterocycles. The maximum atomic E-state index is 10.9. The largest absolute Gasteiger partial charge is 0.385 e. The van der Waals surface area contributed by atoms with Crippen LogP contribution in [0.5, 0.6) is 0 Å². The van der Waals surface area contributed by atoms with E-state index in [4.69, 9.17) is 11.5 Å². The van der Waals surface area contributed by atoms with Gasteiger partial charge in [-0.3, -0.25) is 0 Å². The SMILES string of the molecule is CC(C)S(=O)(=O)C=C(N)N. The van der Waals surface area contributed by atoms with Crippen LogP contribution in [-0.4, -0.2) is 13.7 Å². The van der Waals surface area contributed by atoms with E-state index < -0.39 is 15.1 Å². The Morgan fingerprint density at radius 1 is 1.40 bits per heavy atom. The van der Waals surface area contributed by atoms with Gasteiger partial charge in [-0.15, -0.1) is 0 Å². The molecule has 0 fully saturated rings. The molecule has 0 aliphatic carbocycles. The molecule has 0 aliphatic heterocycles. The third-order valence-electron chi connectivity index (χ3n) is 0.957. The van der Waals surface area contributed by atoms with Crippen molar-refractivity contribution in [3.8, 4) is 0 Å². The first-order valence-corrected chi connectivity index (χ1v) is 4.43. The summed E-state index contributed by atoms with van der Waals surface area (Å²) >= 11 is 0. The molecule has 10 heavy (non-hydrogen) atoms. The summed E-state index contributed by atoms with van der Waals surface area (Å²) in [5.74, 6) is -0.172. The lowest BCUT2D eigenvalue weighted by molar-refractivity contribution is 0.596. The molecule has 0 rings (SSSR count). The van der Waals surface area contributed by atoms with Gasteiger partial charge in [0.2, 0.25) is 0 Å². The van der Waals surface area contributed by atoms with Crippen LogP contribution in [0.2, 0.25) is 0 Å². The van der Waals surface area contributed by atoms with E-state index in [-0.39, 0.29) is 5.82 Å². The van der Waals surface area contributed by atoms with Gasteiger partial charge < -0.3 is 11.5 Å². The van der Waals surface area contributed by atoms with Crippen molar-refractivity contribution in [1.82, 2.24) is 0 Å². The summed E-state index contributed by atoms with van der Waals surface area (Å²) in [4.78, 5) is 0. The molecule has 0 aromatic rings. The highest BCUT2D eigenvalue weighted by molar-refractivity contribution is 7.94. The summed E-state index contributed by atoms with van der Waals surface area (Å²) in [6.07, 6.45) is 0. The number of rotatable bonds is 2. The van der Waals surface area contributed by atoms with Gasteiger partial charge in [0.15, 0.2) is 9.84 Å². The van der Waals surface area contributed by atoms with E-state index in [0.29, 0.717) is 0 Å². The van der Waals surface area contributed by atoms with Crippen LogP contribution in [0.15, 0.2) is 11.2 Å². The summed E-state index contributed by atoms with van der Waals surface area (Å²) in [7, 11) is -3.21. The quantitative estimate of drug-likeness (QED) is 0.577. The molecule has 0 atom stereocenters. The molecule has 0 aromatic heterocycles.